The second-order valence-corrected chi connectivity index (χ2v) is 4.19. The van der Waals surface area contributed by atoms with Crippen LogP contribution in [0, 0.1) is 26.0 Å². The summed E-state index contributed by atoms with van der Waals surface area (Å²) in [6.07, 6.45) is 0. The minimum atomic E-state index is 1.19. The van der Waals surface area contributed by atoms with Crippen molar-refractivity contribution < 1.29 is 0 Å². The monoisotopic (exact) mass is 204 g/mol. The van der Waals surface area contributed by atoms with Gasteiger partial charge in [-0.1, -0.05) is 36.4 Å². The van der Waals surface area contributed by atoms with Gasteiger partial charge in [0.2, 0.25) is 0 Å². The molecule has 0 radical (unpaired) electrons. The molecule has 0 amide bonds. The molecule has 0 heterocycles. The summed E-state index contributed by atoms with van der Waals surface area (Å²) in [7, 11) is 0. The Morgan fingerprint density at radius 3 is 2.25 bits per heavy atom. The van der Waals surface area contributed by atoms with Gasteiger partial charge in [-0.3, -0.25) is 0 Å². The van der Waals surface area contributed by atoms with Crippen molar-refractivity contribution in [3.63, 3.8) is 0 Å². The lowest BCUT2D eigenvalue weighted by atomic mass is 9.94. The first-order chi connectivity index (χ1) is 7.79. The molecule has 0 aliphatic carbocycles. The van der Waals surface area contributed by atoms with Crippen LogP contribution in [0.2, 0.25) is 0 Å². The van der Waals surface area contributed by atoms with Crippen LogP contribution in [-0.2, 0) is 0 Å². The van der Waals surface area contributed by atoms with Crippen LogP contribution in [0.3, 0.4) is 0 Å². The van der Waals surface area contributed by atoms with Gasteiger partial charge < -0.3 is 0 Å². The molecule has 0 heteroatoms. The Hall–Kier alpha value is -2.00. The lowest BCUT2D eigenvalue weighted by Gasteiger charge is -2.09. The molecular weight excluding hydrogens is 192 g/mol. The Bertz CT molecular complexity index is 561. The number of hydrogen-bond acceptors (Lipinski definition) is 0. The molecule has 3 aromatic carbocycles. The highest BCUT2D eigenvalue weighted by atomic mass is 14.1. The van der Waals surface area contributed by atoms with Gasteiger partial charge in [-0.15, -0.1) is 0 Å². The summed E-state index contributed by atoms with van der Waals surface area (Å²) in [5.74, 6) is 0. The molecule has 0 atom stereocenters. The van der Waals surface area contributed by atoms with E-state index in [0.29, 0.717) is 0 Å². The summed E-state index contributed by atoms with van der Waals surface area (Å²) in [5, 5.41) is 5.14. The van der Waals surface area contributed by atoms with E-state index >= 15 is 0 Å². The van der Waals surface area contributed by atoms with E-state index in [-0.39, 0.29) is 0 Å². The lowest BCUT2D eigenvalue weighted by Crippen LogP contribution is -1.86. The van der Waals surface area contributed by atoms with Crippen molar-refractivity contribution in [3.05, 3.63) is 59.7 Å². The maximum Gasteiger partial charge on any atom is 0.0359 e. The Balaban J connectivity index is 2.67. The van der Waals surface area contributed by atoms with E-state index in [1.165, 1.54) is 32.7 Å². The van der Waals surface area contributed by atoms with Crippen LogP contribution in [0.1, 0.15) is 11.1 Å². The molecule has 3 aromatic rings. The van der Waals surface area contributed by atoms with Crippen LogP contribution in [0.5, 0.6) is 0 Å². The fraction of sp³-hybridized carbons (Fsp3) is 0.125. The lowest BCUT2D eigenvalue weighted by molar-refractivity contribution is 1.53. The molecule has 0 aliphatic heterocycles. The van der Waals surface area contributed by atoms with Crippen LogP contribution in [0.15, 0.2) is 36.4 Å². The molecule has 0 aliphatic rings. The summed E-state index contributed by atoms with van der Waals surface area (Å²) < 4.78 is 0. The first kappa shape index (κ1) is 9.24. The highest BCUT2D eigenvalue weighted by Crippen LogP contribution is 2.30. The van der Waals surface area contributed by atoms with Crippen LogP contribution in [0.4, 0.5) is 0 Å². The second-order valence-electron chi connectivity index (χ2n) is 4.19. The van der Waals surface area contributed by atoms with E-state index in [2.05, 4.69) is 56.3 Å². The molecule has 0 saturated heterocycles. The third kappa shape index (κ3) is 1.12. The molecule has 0 aromatic heterocycles. The van der Waals surface area contributed by atoms with Crippen LogP contribution in [0.25, 0.3) is 21.5 Å². The normalized spacial score (nSPS) is 10.6. The van der Waals surface area contributed by atoms with Crippen molar-refractivity contribution in [2.45, 2.75) is 13.8 Å². The molecule has 16 heavy (non-hydrogen) atoms. The Morgan fingerprint density at radius 1 is 0.812 bits per heavy atom. The quantitative estimate of drug-likeness (QED) is 0.514. The first-order valence-corrected chi connectivity index (χ1v) is 5.49. The zero-order valence-electron chi connectivity index (χ0n) is 9.46. The average Bonchev–Trinajstić information content (AvgIpc) is 2.36. The van der Waals surface area contributed by atoms with Gasteiger partial charge in [0.15, 0.2) is 0 Å². The zero-order valence-corrected chi connectivity index (χ0v) is 9.46. The molecule has 0 fully saturated rings. The molecule has 0 bridgehead atoms. The van der Waals surface area contributed by atoms with Gasteiger partial charge in [0.25, 0.3) is 0 Å². The molecule has 0 N–H and O–H groups in total. The molecular formula is C16H12. The van der Waals surface area contributed by atoms with Crippen molar-refractivity contribution in [2.75, 3.05) is 0 Å². The van der Waals surface area contributed by atoms with Gasteiger partial charge in [-0.25, -0.2) is 0 Å². The van der Waals surface area contributed by atoms with Crippen LogP contribution >= 0.6 is 0 Å². The maximum absolute atomic E-state index is 3.23. The van der Waals surface area contributed by atoms with Gasteiger partial charge in [-0.2, -0.15) is 0 Å². The van der Waals surface area contributed by atoms with Crippen LogP contribution < -0.4 is 0 Å². The van der Waals surface area contributed by atoms with Gasteiger partial charge in [0, 0.05) is 5.39 Å². The number of rotatable bonds is 0. The van der Waals surface area contributed by atoms with Crippen molar-refractivity contribution in [2.24, 2.45) is 0 Å². The van der Waals surface area contributed by atoms with Gasteiger partial charge in [0.1, 0.15) is 0 Å². The maximum atomic E-state index is 3.23. The van der Waals surface area contributed by atoms with E-state index in [0.717, 1.165) is 0 Å². The first-order valence-electron chi connectivity index (χ1n) is 5.49. The number of benzene rings is 2. The molecule has 0 spiro atoms. The average molecular weight is 204 g/mol. The topological polar surface area (TPSA) is 0 Å². The number of fused-ring (bicyclic) bond motifs is 2. The highest BCUT2D eigenvalue weighted by molar-refractivity contribution is 6.04. The fourth-order valence-electron chi connectivity index (χ4n) is 2.41. The Kier molecular flexibility index (Phi) is 1.88. The Labute approximate surface area is 95.5 Å². The van der Waals surface area contributed by atoms with E-state index in [1.54, 1.807) is 0 Å². The largest absolute Gasteiger partial charge is 0.0696 e. The summed E-state index contributed by atoms with van der Waals surface area (Å²) >= 11 is 0. The predicted molar refractivity (Wildman–Crippen MR) is 68.6 cm³/mol. The summed E-state index contributed by atoms with van der Waals surface area (Å²) in [6.45, 7) is 4.34. The fourth-order valence-corrected chi connectivity index (χ4v) is 2.41. The minimum absolute atomic E-state index is 1.19. The van der Waals surface area contributed by atoms with Crippen molar-refractivity contribution in [3.8, 4) is 0 Å². The van der Waals surface area contributed by atoms with Gasteiger partial charge in [0.05, 0.1) is 0 Å². The third-order valence-corrected chi connectivity index (χ3v) is 3.31. The molecule has 0 unspecified atom stereocenters. The predicted octanol–water partition coefficient (Wildman–Crippen LogP) is 4.21. The third-order valence-electron chi connectivity index (χ3n) is 3.31. The molecule has 0 nitrogen and oxygen atoms in total. The zero-order chi connectivity index (χ0) is 11.1. The number of hydrogen-bond donors (Lipinski definition) is 0. The second kappa shape index (κ2) is 3.25. The van der Waals surface area contributed by atoms with Crippen molar-refractivity contribution >= 4 is 21.5 Å². The van der Waals surface area contributed by atoms with E-state index in [1.807, 2.05) is 6.07 Å². The molecule has 3 rings (SSSR count). The van der Waals surface area contributed by atoms with Gasteiger partial charge in [-0.05, 0) is 53.3 Å². The summed E-state index contributed by atoms with van der Waals surface area (Å²) in [6, 6.07) is 18.9. The van der Waals surface area contributed by atoms with E-state index < -0.39 is 0 Å². The molecule has 0 saturated carbocycles. The van der Waals surface area contributed by atoms with Crippen LogP contribution in [-0.4, -0.2) is 0 Å². The smallest absolute Gasteiger partial charge is 0.0359 e. The minimum Gasteiger partial charge on any atom is -0.0696 e. The highest BCUT2D eigenvalue weighted by Gasteiger charge is 2.06. The summed E-state index contributed by atoms with van der Waals surface area (Å²) in [4.78, 5) is 0. The molecule has 76 valence electrons. The standard InChI is InChI=1S/C16H12/c1-11-13-7-3-5-9-15(13)12(2)16-10-6-4-8-14(11)16/h3-5,7-9H,1-2H3. The van der Waals surface area contributed by atoms with E-state index in [4.69, 9.17) is 0 Å². The summed E-state index contributed by atoms with van der Waals surface area (Å²) in [5.41, 5.74) is 2.63. The van der Waals surface area contributed by atoms with Gasteiger partial charge >= 0.3 is 0 Å². The van der Waals surface area contributed by atoms with Crippen molar-refractivity contribution in [1.82, 2.24) is 0 Å². The number of aryl methyl sites for hydroxylation is 2. The Morgan fingerprint density at radius 2 is 1.50 bits per heavy atom. The van der Waals surface area contributed by atoms with Crippen molar-refractivity contribution in [1.29, 1.82) is 0 Å². The van der Waals surface area contributed by atoms with E-state index in [9.17, 15) is 0 Å². The SMILES string of the molecule is Cc1c2c#cccc2c(C)c2ccccc12.